The van der Waals surface area contributed by atoms with Crippen molar-refractivity contribution in [1.29, 1.82) is 0 Å². The summed E-state index contributed by atoms with van der Waals surface area (Å²) in [6, 6.07) is 17.1. The van der Waals surface area contributed by atoms with Gasteiger partial charge in [0.15, 0.2) is 0 Å². The molecule has 2 aromatic carbocycles. The SMILES string of the molecule is O=C1c2ccccc2C(=O)N1c1nc2c(n1Cc1ccccc1)CCCC2. The number of nitrogens with zero attached hydrogens (tertiary/aromatic N) is 3. The average molecular weight is 357 g/mol. The van der Waals surface area contributed by atoms with Crippen LogP contribution >= 0.6 is 0 Å². The second kappa shape index (κ2) is 6.20. The molecule has 0 fully saturated rings. The quantitative estimate of drug-likeness (QED) is 0.673. The Bertz CT molecular complexity index is 1020. The number of fused-ring (bicyclic) bond motifs is 2. The number of carbonyl (C=O) groups is 2. The minimum atomic E-state index is -0.285. The Labute approximate surface area is 157 Å². The van der Waals surface area contributed by atoms with Gasteiger partial charge in [-0.3, -0.25) is 9.59 Å². The van der Waals surface area contributed by atoms with E-state index in [9.17, 15) is 9.59 Å². The molecule has 3 aromatic rings. The van der Waals surface area contributed by atoms with Gasteiger partial charge in [0.25, 0.3) is 11.8 Å². The highest BCUT2D eigenvalue weighted by Gasteiger charge is 2.40. The first-order valence-electron chi connectivity index (χ1n) is 9.34. The minimum Gasteiger partial charge on any atom is -0.309 e. The zero-order valence-corrected chi connectivity index (χ0v) is 14.9. The van der Waals surface area contributed by atoms with Crippen LogP contribution in [-0.4, -0.2) is 21.4 Å². The Morgan fingerprint density at radius 3 is 2.15 bits per heavy atom. The molecule has 1 aromatic heterocycles. The molecule has 0 spiro atoms. The van der Waals surface area contributed by atoms with Gasteiger partial charge in [-0.25, -0.2) is 9.88 Å². The summed E-state index contributed by atoms with van der Waals surface area (Å²) in [6.45, 7) is 0.603. The molecule has 1 aliphatic heterocycles. The molecule has 2 aliphatic rings. The van der Waals surface area contributed by atoms with E-state index < -0.39 is 0 Å². The highest BCUT2D eigenvalue weighted by molar-refractivity contribution is 6.33. The van der Waals surface area contributed by atoms with Gasteiger partial charge in [-0.15, -0.1) is 0 Å². The Hall–Kier alpha value is -3.21. The molecule has 0 unspecified atom stereocenters. The van der Waals surface area contributed by atoms with Crippen LogP contribution in [0.4, 0.5) is 5.95 Å². The van der Waals surface area contributed by atoms with Crippen molar-refractivity contribution in [2.24, 2.45) is 0 Å². The number of hydrogen-bond acceptors (Lipinski definition) is 3. The van der Waals surface area contributed by atoms with Crippen molar-refractivity contribution in [3.8, 4) is 0 Å². The van der Waals surface area contributed by atoms with E-state index in [1.54, 1.807) is 24.3 Å². The molecular weight excluding hydrogens is 338 g/mol. The third kappa shape index (κ3) is 2.50. The molecule has 0 atom stereocenters. The van der Waals surface area contributed by atoms with Crippen molar-refractivity contribution in [3.05, 3.63) is 82.7 Å². The van der Waals surface area contributed by atoms with Crippen LogP contribution in [-0.2, 0) is 19.4 Å². The summed E-state index contributed by atoms with van der Waals surface area (Å²) in [5.41, 5.74) is 4.20. The number of amides is 2. The van der Waals surface area contributed by atoms with E-state index in [4.69, 9.17) is 4.98 Å². The topological polar surface area (TPSA) is 55.2 Å². The third-order valence-corrected chi connectivity index (χ3v) is 5.39. The third-order valence-electron chi connectivity index (χ3n) is 5.39. The van der Waals surface area contributed by atoms with E-state index in [0.29, 0.717) is 23.6 Å². The first-order chi connectivity index (χ1) is 13.2. The van der Waals surface area contributed by atoms with Crippen LogP contribution < -0.4 is 4.90 Å². The summed E-state index contributed by atoms with van der Waals surface area (Å²) in [7, 11) is 0. The molecular formula is C22H19N3O2. The highest BCUT2D eigenvalue weighted by Crippen LogP contribution is 2.32. The molecule has 5 heteroatoms. The highest BCUT2D eigenvalue weighted by atomic mass is 16.2. The van der Waals surface area contributed by atoms with Gasteiger partial charge >= 0.3 is 0 Å². The number of carbonyl (C=O) groups excluding carboxylic acids is 2. The number of hydrogen-bond donors (Lipinski definition) is 0. The normalized spacial score (nSPS) is 15.8. The maximum atomic E-state index is 13.0. The summed E-state index contributed by atoms with van der Waals surface area (Å²) in [5, 5.41) is 0. The van der Waals surface area contributed by atoms with E-state index in [2.05, 4.69) is 16.7 Å². The molecule has 134 valence electrons. The monoisotopic (exact) mass is 357 g/mol. The van der Waals surface area contributed by atoms with Gasteiger partial charge in [0.1, 0.15) is 0 Å². The van der Waals surface area contributed by atoms with Crippen LogP contribution in [0.5, 0.6) is 0 Å². The van der Waals surface area contributed by atoms with Crippen LogP contribution in [0.2, 0.25) is 0 Å². The molecule has 5 nitrogen and oxygen atoms in total. The number of imidazole rings is 1. The first kappa shape index (κ1) is 16.0. The molecule has 0 saturated heterocycles. The van der Waals surface area contributed by atoms with Crippen molar-refractivity contribution < 1.29 is 9.59 Å². The van der Waals surface area contributed by atoms with Crippen molar-refractivity contribution >= 4 is 17.8 Å². The fraction of sp³-hybridized carbons (Fsp3) is 0.227. The number of imide groups is 1. The predicted octanol–water partition coefficient (Wildman–Crippen LogP) is 3.61. The lowest BCUT2D eigenvalue weighted by atomic mass is 10.0. The lowest BCUT2D eigenvalue weighted by molar-refractivity contribution is 0.0922. The second-order valence-corrected chi connectivity index (χ2v) is 7.08. The molecule has 0 N–H and O–H groups in total. The summed E-state index contributed by atoms with van der Waals surface area (Å²) in [4.78, 5) is 32.0. The predicted molar refractivity (Wildman–Crippen MR) is 102 cm³/mol. The summed E-state index contributed by atoms with van der Waals surface area (Å²) < 4.78 is 2.06. The van der Waals surface area contributed by atoms with E-state index in [0.717, 1.165) is 42.6 Å². The van der Waals surface area contributed by atoms with Crippen molar-refractivity contribution in [2.45, 2.75) is 32.2 Å². The van der Waals surface area contributed by atoms with Crippen LogP contribution in [0.3, 0.4) is 0 Å². The van der Waals surface area contributed by atoms with E-state index in [-0.39, 0.29) is 11.8 Å². The molecule has 1 aliphatic carbocycles. The van der Waals surface area contributed by atoms with Crippen molar-refractivity contribution in [1.82, 2.24) is 9.55 Å². The van der Waals surface area contributed by atoms with Crippen LogP contribution in [0.25, 0.3) is 0 Å². The van der Waals surface area contributed by atoms with E-state index in [1.807, 2.05) is 18.2 Å². The van der Waals surface area contributed by atoms with Gasteiger partial charge in [0, 0.05) is 5.69 Å². The van der Waals surface area contributed by atoms with Crippen molar-refractivity contribution in [3.63, 3.8) is 0 Å². The minimum absolute atomic E-state index is 0.285. The second-order valence-electron chi connectivity index (χ2n) is 7.08. The summed E-state index contributed by atoms with van der Waals surface area (Å²) in [5.74, 6) is -0.114. The van der Waals surface area contributed by atoms with Gasteiger partial charge in [-0.1, -0.05) is 42.5 Å². The van der Waals surface area contributed by atoms with Gasteiger partial charge in [0.2, 0.25) is 5.95 Å². The molecule has 2 heterocycles. The van der Waals surface area contributed by atoms with Crippen LogP contribution in [0, 0.1) is 0 Å². The van der Waals surface area contributed by atoms with Crippen LogP contribution in [0.1, 0.15) is 50.5 Å². The fourth-order valence-corrected chi connectivity index (χ4v) is 4.06. The lowest BCUT2D eigenvalue weighted by Crippen LogP contribution is -2.32. The number of rotatable bonds is 3. The Morgan fingerprint density at radius 1 is 0.815 bits per heavy atom. The molecule has 0 saturated carbocycles. The Kier molecular flexibility index (Phi) is 3.67. The molecule has 0 bridgehead atoms. The maximum Gasteiger partial charge on any atom is 0.268 e. The molecule has 2 amide bonds. The molecule has 27 heavy (non-hydrogen) atoms. The first-order valence-corrected chi connectivity index (χ1v) is 9.34. The van der Waals surface area contributed by atoms with Gasteiger partial charge in [-0.2, -0.15) is 0 Å². The smallest absolute Gasteiger partial charge is 0.268 e. The lowest BCUT2D eigenvalue weighted by Gasteiger charge is -2.18. The summed E-state index contributed by atoms with van der Waals surface area (Å²) >= 11 is 0. The number of aromatic nitrogens is 2. The average Bonchev–Trinajstić information content (AvgIpc) is 3.18. The van der Waals surface area contributed by atoms with Gasteiger partial charge < -0.3 is 4.57 Å². The number of benzene rings is 2. The van der Waals surface area contributed by atoms with Gasteiger partial charge in [0.05, 0.1) is 23.4 Å². The standard InChI is InChI=1S/C22H19N3O2/c26-20-16-10-4-5-11-17(16)21(27)25(20)22-23-18-12-6-7-13-19(18)24(22)14-15-8-2-1-3-9-15/h1-5,8-11H,6-7,12-14H2. The number of anilines is 1. The Morgan fingerprint density at radius 2 is 1.44 bits per heavy atom. The Balaban J connectivity index is 1.63. The largest absolute Gasteiger partial charge is 0.309 e. The number of aryl methyl sites for hydroxylation is 1. The molecule has 0 radical (unpaired) electrons. The van der Waals surface area contributed by atoms with Gasteiger partial charge in [-0.05, 0) is 43.4 Å². The fourth-order valence-electron chi connectivity index (χ4n) is 4.06. The van der Waals surface area contributed by atoms with Crippen LogP contribution in [0.15, 0.2) is 54.6 Å². The zero-order valence-electron chi connectivity index (χ0n) is 14.9. The van der Waals surface area contributed by atoms with E-state index >= 15 is 0 Å². The van der Waals surface area contributed by atoms with Crippen molar-refractivity contribution in [2.75, 3.05) is 4.90 Å². The molecule has 5 rings (SSSR count). The van der Waals surface area contributed by atoms with E-state index in [1.165, 1.54) is 4.90 Å². The maximum absolute atomic E-state index is 13.0. The zero-order chi connectivity index (χ0) is 18.4. The summed E-state index contributed by atoms with van der Waals surface area (Å²) in [6.07, 6.45) is 4.03.